The van der Waals surface area contributed by atoms with E-state index in [0.717, 1.165) is 26.1 Å². The van der Waals surface area contributed by atoms with Crippen LogP contribution in [0.5, 0.6) is 0 Å². The van der Waals surface area contributed by atoms with Crippen molar-refractivity contribution in [1.29, 1.82) is 0 Å². The third-order valence-corrected chi connectivity index (χ3v) is 4.45. The maximum absolute atomic E-state index is 12.8. The van der Waals surface area contributed by atoms with Gasteiger partial charge in [-0.05, 0) is 63.9 Å². The molecule has 1 aliphatic heterocycles. The summed E-state index contributed by atoms with van der Waals surface area (Å²) in [4.78, 5) is 14.7. The zero-order valence-electron chi connectivity index (χ0n) is 12.5. The van der Waals surface area contributed by atoms with E-state index in [4.69, 9.17) is 23.2 Å². The number of hydrogen-bond donors (Lipinski definition) is 1. The Balaban J connectivity index is 2.14. The number of nitrogens with one attached hydrogen (secondary N) is 1. The summed E-state index contributed by atoms with van der Waals surface area (Å²) in [6, 6.07) is 5.19. The smallest absolute Gasteiger partial charge is 0.255 e. The molecule has 1 unspecified atom stereocenters. The summed E-state index contributed by atoms with van der Waals surface area (Å²) in [5, 5.41) is 4.36. The largest absolute Gasteiger partial charge is 0.336 e. The lowest BCUT2D eigenvalue weighted by molar-refractivity contribution is 0.0661. The number of carbonyl (C=O) groups is 1. The molecule has 1 aliphatic rings. The minimum absolute atomic E-state index is 0.0164. The molecule has 1 atom stereocenters. The van der Waals surface area contributed by atoms with Gasteiger partial charge < -0.3 is 10.2 Å². The first-order valence-corrected chi connectivity index (χ1v) is 8.21. The molecule has 116 valence electrons. The van der Waals surface area contributed by atoms with Crippen LogP contribution >= 0.6 is 23.2 Å². The highest BCUT2D eigenvalue weighted by molar-refractivity contribution is 6.36. The van der Waals surface area contributed by atoms with E-state index >= 15 is 0 Å². The van der Waals surface area contributed by atoms with Crippen molar-refractivity contribution in [2.75, 3.05) is 19.6 Å². The van der Waals surface area contributed by atoms with Crippen LogP contribution in [0.3, 0.4) is 0 Å². The summed E-state index contributed by atoms with van der Waals surface area (Å²) in [5.74, 6) is 0.494. The fraction of sp³-hybridized carbons (Fsp3) is 0.562. The third kappa shape index (κ3) is 4.35. The number of benzene rings is 1. The fourth-order valence-corrected chi connectivity index (χ4v) is 3.19. The second-order valence-corrected chi connectivity index (χ2v) is 6.73. The van der Waals surface area contributed by atoms with Crippen LogP contribution in [0.1, 0.15) is 37.0 Å². The average Bonchev–Trinajstić information content (AvgIpc) is 2.45. The van der Waals surface area contributed by atoms with Crippen molar-refractivity contribution < 1.29 is 4.79 Å². The van der Waals surface area contributed by atoms with E-state index in [2.05, 4.69) is 5.32 Å². The number of hydrogen-bond acceptors (Lipinski definition) is 2. The molecule has 1 heterocycles. The average molecular weight is 329 g/mol. The first kappa shape index (κ1) is 16.6. The highest BCUT2D eigenvalue weighted by Crippen LogP contribution is 2.24. The van der Waals surface area contributed by atoms with Gasteiger partial charge in [0.1, 0.15) is 0 Å². The molecular formula is C16H22Cl2N2O. The summed E-state index contributed by atoms with van der Waals surface area (Å²) in [6.45, 7) is 6.90. The molecule has 0 saturated carbocycles. The van der Waals surface area contributed by atoms with Gasteiger partial charge in [-0.25, -0.2) is 0 Å². The minimum atomic E-state index is -0.0164. The summed E-state index contributed by atoms with van der Waals surface area (Å²) in [5.41, 5.74) is 0.526. The lowest BCUT2D eigenvalue weighted by Gasteiger charge is -2.33. The van der Waals surface area contributed by atoms with Crippen LogP contribution in [-0.2, 0) is 0 Å². The number of piperidine rings is 1. The van der Waals surface area contributed by atoms with Crippen molar-refractivity contribution in [3.63, 3.8) is 0 Å². The number of amides is 1. The predicted molar refractivity (Wildman–Crippen MR) is 88.2 cm³/mol. The van der Waals surface area contributed by atoms with E-state index in [1.807, 2.05) is 18.7 Å². The molecule has 5 heteroatoms. The molecule has 1 aromatic rings. The van der Waals surface area contributed by atoms with Crippen LogP contribution in [0.2, 0.25) is 10.0 Å². The topological polar surface area (TPSA) is 32.3 Å². The molecule has 1 fully saturated rings. The maximum atomic E-state index is 12.8. The van der Waals surface area contributed by atoms with Crippen LogP contribution in [0, 0.1) is 5.92 Å². The number of nitrogens with zero attached hydrogens (tertiary/aromatic N) is 1. The molecule has 0 spiro atoms. The van der Waals surface area contributed by atoms with Crippen molar-refractivity contribution in [2.24, 2.45) is 5.92 Å². The Kier molecular flexibility index (Phi) is 5.91. The monoisotopic (exact) mass is 328 g/mol. The van der Waals surface area contributed by atoms with Crippen molar-refractivity contribution >= 4 is 29.1 Å². The normalized spacial score (nSPS) is 18.8. The Labute approximate surface area is 136 Å². The van der Waals surface area contributed by atoms with Crippen LogP contribution in [0.4, 0.5) is 0 Å². The van der Waals surface area contributed by atoms with E-state index in [9.17, 15) is 4.79 Å². The number of halogens is 2. The van der Waals surface area contributed by atoms with Crippen LogP contribution in [0.25, 0.3) is 0 Å². The molecule has 0 bridgehead atoms. The van der Waals surface area contributed by atoms with Crippen LogP contribution in [-0.4, -0.2) is 36.5 Å². The minimum Gasteiger partial charge on any atom is -0.336 e. The summed E-state index contributed by atoms with van der Waals surface area (Å²) in [7, 11) is 0. The second kappa shape index (κ2) is 7.48. The molecule has 1 N–H and O–H groups in total. The van der Waals surface area contributed by atoms with Gasteiger partial charge in [0.15, 0.2) is 0 Å². The quantitative estimate of drug-likeness (QED) is 0.910. The third-order valence-electron chi connectivity index (χ3n) is 3.90. The van der Waals surface area contributed by atoms with E-state index in [1.165, 1.54) is 6.42 Å². The number of carbonyl (C=O) groups excluding carboxylic acids is 1. The summed E-state index contributed by atoms with van der Waals surface area (Å²) >= 11 is 12.1. The standard InChI is InChI=1S/C16H22Cl2N2O/c1-11(2)20(10-12-4-3-7-19-9-12)16(21)14-6-5-13(17)8-15(14)18/h5-6,8,11-12,19H,3-4,7,9-10H2,1-2H3. The van der Waals surface area contributed by atoms with Gasteiger partial charge >= 0.3 is 0 Å². The van der Waals surface area contributed by atoms with Gasteiger partial charge in [-0.3, -0.25) is 4.79 Å². The number of rotatable bonds is 4. The molecule has 1 aromatic carbocycles. The van der Waals surface area contributed by atoms with Crippen molar-refractivity contribution in [1.82, 2.24) is 10.2 Å². The Hall–Kier alpha value is -0.770. The van der Waals surface area contributed by atoms with E-state index in [0.29, 0.717) is 21.5 Å². The van der Waals surface area contributed by atoms with E-state index in [1.54, 1.807) is 18.2 Å². The first-order valence-electron chi connectivity index (χ1n) is 7.45. The van der Waals surface area contributed by atoms with E-state index < -0.39 is 0 Å². The maximum Gasteiger partial charge on any atom is 0.255 e. The molecule has 21 heavy (non-hydrogen) atoms. The van der Waals surface area contributed by atoms with Crippen LogP contribution < -0.4 is 5.32 Å². The van der Waals surface area contributed by atoms with Gasteiger partial charge in [-0.1, -0.05) is 23.2 Å². The molecular weight excluding hydrogens is 307 g/mol. The zero-order chi connectivity index (χ0) is 15.4. The molecule has 3 nitrogen and oxygen atoms in total. The predicted octanol–water partition coefficient (Wildman–Crippen LogP) is 3.84. The van der Waals surface area contributed by atoms with Gasteiger partial charge in [0.05, 0.1) is 10.6 Å². The van der Waals surface area contributed by atoms with Gasteiger partial charge in [-0.15, -0.1) is 0 Å². The van der Waals surface area contributed by atoms with Crippen molar-refractivity contribution in [3.8, 4) is 0 Å². The van der Waals surface area contributed by atoms with Gasteiger partial charge in [0, 0.05) is 17.6 Å². The van der Waals surface area contributed by atoms with E-state index in [-0.39, 0.29) is 11.9 Å². The first-order chi connectivity index (χ1) is 9.99. The zero-order valence-corrected chi connectivity index (χ0v) is 14.0. The molecule has 0 aliphatic carbocycles. The van der Waals surface area contributed by atoms with Gasteiger partial charge in [0.2, 0.25) is 0 Å². The van der Waals surface area contributed by atoms with Gasteiger partial charge in [-0.2, -0.15) is 0 Å². The Morgan fingerprint density at radius 3 is 2.76 bits per heavy atom. The molecule has 0 radical (unpaired) electrons. The van der Waals surface area contributed by atoms with Crippen molar-refractivity contribution in [3.05, 3.63) is 33.8 Å². The highest BCUT2D eigenvalue weighted by Gasteiger charge is 2.25. The SMILES string of the molecule is CC(C)N(CC1CCCNC1)C(=O)c1ccc(Cl)cc1Cl. The summed E-state index contributed by atoms with van der Waals surface area (Å²) < 4.78 is 0. The Morgan fingerprint density at radius 2 is 2.19 bits per heavy atom. The lowest BCUT2D eigenvalue weighted by Crippen LogP contribution is -2.44. The molecule has 0 aromatic heterocycles. The second-order valence-electron chi connectivity index (χ2n) is 5.89. The molecule has 1 saturated heterocycles. The lowest BCUT2D eigenvalue weighted by atomic mass is 9.98. The Morgan fingerprint density at radius 1 is 1.43 bits per heavy atom. The highest BCUT2D eigenvalue weighted by atomic mass is 35.5. The summed E-state index contributed by atoms with van der Waals surface area (Å²) in [6.07, 6.45) is 2.34. The molecule has 1 amide bonds. The van der Waals surface area contributed by atoms with Crippen molar-refractivity contribution in [2.45, 2.75) is 32.7 Å². The fourth-order valence-electron chi connectivity index (χ4n) is 2.70. The van der Waals surface area contributed by atoms with Crippen LogP contribution in [0.15, 0.2) is 18.2 Å². The van der Waals surface area contributed by atoms with Gasteiger partial charge in [0.25, 0.3) is 5.91 Å². The Bertz CT molecular complexity index is 499. The molecule has 2 rings (SSSR count).